The van der Waals surface area contributed by atoms with Crippen molar-refractivity contribution in [3.63, 3.8) is 0 Å². The third kappa shape index (κ3) is 2.87. The minimum atomic E-state index is -0.631. The van der Waals surface area contributed by atoms with Crippen LogP contribution in [0.4, 0.5) is 0 Å². The van der Waals surface area contributed by atoms with E-state index in [1.165, 1.54) is 5.56 Å². The molecule has 0 spiro atoms. The predicted molar refractivity (Wildman–Crippen MR) is 69.3 cm³/mol. The monoisotopic (exact) mass is 253 g/mol. The van der Waals surface area contributed by atoms with Gasteiger partial charge in [0.15, 0.2) is 0 Å². The van der Waals surface area contributed by atoms with E-state index in [2.05, 4.69) is 28.7 Å². The molecule has 0 saturated carbocycles. The van der Waals surface area contributed by atoms with E-state index < -0.39 is 5.97 Å². The molecule has 1 N–H and O–H groups in total. The number of carboxylic acid groups (broad SMARTS) is 1. The van der Waals surface area contributed by atoms with Crippen molar-refractivity contribution < 1.29 is 9.90 Å². The van der Waals surface area contributed by atoms with Crippen LogP contribution in [-0.4, -0.2) is 29.1 Å². The molecule has 0 aliphatic carbocycles. The molecule has 94 valence electrons. The van der Waals surface area contributed by atoms with Crippen LogP contribution in [0.25, 0.3) is 0 Å². The lowest BCUT2D eigenvalue weighted by Gasteiger charge is -2.35. The number of aliphatic carboxylic acids is 1. The first kappa shape index (κ1) is 12.6. The molecule has 0 amide bonds. The fourth-order valence-electron chi connectivity index (χ4n) is 2.63. The van der Waals surface area contributed by atoms with Crippen molar-refractivity contribution in [3.05, 3.63) is 22.4 Å². The van der Waals surface area contributed by atoms with Gasteiger partial charge in [-0.25, -0.2) is 0 Å². The first-order valence-corrected chi connectivity index (χ1v) is 7.15. The standard InChI is InChI=1S/C13H19NO2S/c1-2-12(11-5-8-17-9-11)14-6-3-10(4-7-14)13(15)16/h5,8-10,12H,2-4,6-7H2,1H3,(H,15,16). The summed E-state index contributed by atoms with van der Waals surface area (Å²) in [6, 6.07) is 2.65. The van der Waals surface area contributed by atoms with E-state index in [1.54, 1.807) is 11.3 Å². The molecule has 3 nitrogen and oxygen atoms in total. The second-order valence-corrected chi connectivity index (χ2v) is 5.41. The van der Waals surface area contributed by atoms with E-state index in [0.29, 0.717) is 6.04 Å². The second kappa shape index (κ2) is 5.65. The van der Waals surface area contributed by atoms with Crippen LogP contribution in [0.5, 0.6) is 0 Å². The average molecular weight is 253 g/mol. The first-order valence-electron chi connectivity index (χ1n) is 6.21. The lowest BCUT2D eigenvalue weighted by atomic mass is 9.94. The van der Waals surface area contributed by atoms with Crippen molar-refractivity contribution in [2.75, 3.05) is 13.1 Å². The van der Waals surface area contributed by atoms with Crippen LogP contribution in [0.1, 0.15) is 37.8 Å². The van der Waals surface area contributed by atoms with Gasteiger partial charge in [-0.2, -0.15) is 11.3 Å². The van der Waals surface area contributed by atoms with Crippen molar-refractivity contribution in [1.82, 2.24) is 4.90 Å². The maximum atomic E-state index is 10.9. The summed E-state index contributed by atoms with van der Waals surface area (Å²) >= 11 is 1.73. The molecule has 0 radical (unpaired) electrons. The van der Waals surface area contributed by atoms with Crippen LogP contribution in [0, 0.1) is 5.92 Å². The number of carbonyl (C=O) groups is 1. The highest BCUT2D eigenvalue weighted by Gasteiger charge is 2.28. The molecule has 1 aliphatic rings. The van der Waals surface area contributed by atoms with Crippen LogP contribution in [0.3, 0.4) is 0 Å². The molecule has 1 aromatic heterocycles. The molecule has 17 heavy (non-hydrogen) atoms. The van der Waals surface area contributed by atoms with E-state index in [9.17, 15) is 4.79 Å². The number of carboxylic acids is 1. The number of thiophene rings is 1. The largest absolute Gasteiger partial charge is 0.481 e. The summed E-state index contributed by atoms with van der Waals surface area (Å²) in [7, 11) is 0. The Morgan fingerprint density at radius 1 is 1.59 bits per heavy atom. The van der Waals surface area contributed by atoms with Crippen LogP contribution >= 0.6 is 11.3 Å². The van der Waals surface area contributed by atoms with Gasteiger partial charge in [0.1, 0.15) is 0 Å². The average Bonchev–Trinajstić information content (AvgIpc) is 2.84. The third-order valence-electron chi connectivity index (χ3n) is 3.63. The molecule has 0 aromatic carbocycles. The molecule has 1 unspecified atom stereocenters. The summed E-state index contributed by atoms with van der Waals surface area (Å²) < 4.78 is 0. The molecule has 1 atom stereocenters. The summed E-state index contributed by atoms with van der Waals surface area (Å²) in [5.74, 6) is -0.764. The maximum absolute atomic E-state index is 10.9. The fraction of sp³-hybridized carbons (Fsp3) is 0.615. The van der Waals surface area contributed by atoms with Crippen LogP contribution in [-0.2, 0) is 4.79 Å². The molecule has 0 bridgehead atoms. The Morgan fingerprint density at radius 2 is 2.29 bits per heavy atom. The van der Waals surface area contributed by atoms with Crippen LogP contribution in [0.15, 0.2) is 16.8 Å². The van der Waals surface area contributed by atoms with Crippen molar-refractivity contribution >= 4 is 17.3 Å². The van der Waals surface area contributed by atoms with Gasteiger partial charge in [0, 0.05) is 6.04 Å². The molecule has 4 heteroatoms. The summed E-state index contributed by atoms with van der Waals surface area (Å²) in [6.07, 6.45) is 2.67. The molecule has 1 saturated heterocycles. The minimum Gasteiger partial charge on any atom is -0.481 e. The number of hydrogen-bond donors (Lipinski definition) is 1. The van der Waals surface area contributed by atoms with Crippen molar-refractivity contribution in [1.29, 1.82) is 0 Å². The van der Waals surface area contributed by atoms with Gasteiger partial charge in [-0.05, 0) is 54.7 Å². The number of piperidine rings is 1. The summed E-state index contributed by atoms with van der Waals surface area (Å²) in [5.41, 5.74) is 1.38. The molecular weight excluding hydrogens is 234 g/mol. The Balaban J connectivity index is 1.97. The second-order valence-electron chi connectivity index (χ2n) is 4.63. The van der Waals surface area contributed by atoms with Crippen molar-refractivity contribution in [2.45, 2.75) is 32.2 Å². The molecule has 1 aliphatic heterocycles. The van der Waals surface area contributed by atoms with Gasteiger partial charge in [-0.1, -0.05) is 6.92 Å². The number of rotatable bonds is 4. The Morgan fingerprint density at radius 3 is 2.76 bits per heavy atom. The summed E-state index contributed by atoms with van der Waals surface area (Å²) in [6.45, 7) is 4.02. The molecule has 2 heterocycles. The summed E-state index contributed by atoms with van der Waals surface area (Å²) in [5, 5.41) is 13.3. The van der Waals surface area contributed by atoms with E-state index in [4.69, 9.17) is 5.11 Å². The zero-order valence-electron chi connectivity index (χ0n) is 10.1. The lowest BCUT2D eigenvalue weighted by molar-refractivity contribution is -0.143. The van der Waals surface area contributed by atoms with Crippen molar-refractivity contribution in [3.8, 4) is 0 Å². The number of hydrogen-bond acceptors (Lipinski definition) is 3. The molecule has 1 fully saturated rings. The summed E-state index contributed by atoms with van der Waals surface area (Å²) in [4.78, 5) is 13.3. The first-order chi connectivity index (χ1) is 8.22. The Hall–Kier alpha value is -0.870. The molecule has 2 rings (SSSR count). The highest BCUT2D eigenvalue weighted by molar-refractivity contribution is 7.07. The number of nitrogens with zero attached hydrogens (tertiary/aromatic N) is 1. The topological polar surface area (TPSA) is 40.5 Å². The van der Waals surface area contributed by atoms with Crippen LogP contribution in [0.2, 0.25) is 0 Å². The zero-order chi connectivity index (χ0) is 12.3. The SMILES string of the molecule is CCC(c1ccsc1)N1CCC(C(=O)O)CC1. The minimum absolute atomic E-state index is 0.133. The Kier molecular flexibility index (Phi) is 4.18. The highest BCUT2D eigenvalue weighted by Crippen LogP contribution is 2.30. The van der Waals surface area contributed by atoms with Gasteiger partial charge < -0.3 is 5.11 Å². The third-order valence-corrected chi connectivity index (χ3v) is 4.34. The fourth-order valence-corrected chi connectivity index (χ4v) is 3.33. The van der Waals surface area contributed by atoms with Gasteiger partial charge in [0.2, 0.25) is 0 Å². The smallest absolute Gasteiger partial charge is 0.306 e. The quantitative estimate of drug-likeness (QED) is 0.896. The van der Waals surface area contributed by atoms with E-state index in [0.717, 1.165) is 32.4 Å². The van der Waals surface area contributed by atoms with Gasteiger partial charge in [-0.15, -0.1) is 0 Å². The van der Waals surface area contributed by atoms with Gasteiger partial charge >= 0.3 is 5.97 Å². The molecule has 1 aromatic rings. The normalized spacial score (nSPS) is 20.3. The predicted octanol–water partition coefficient (Wildman–Crippen LogP) is 3.00. The van der Waals surface area contributed by atoms with Gasteiger partial charge in [0.25, 0.3) is 0 Å². The van der Waals surface area contributed by atoms with E-state index in [-0.39, 0.29) is 5.92 Å². The van der Waals surface area contributed by atoms with Gasteiger partial charge in [0.05, 0.1) is 5.92 Å². The maximum Gasteiger partial charge on any atom is 0.306 e. The zero-order valence-corrected chi connectivity index (χ0v) is 10.9. The van der Waals surface area contributed by atoms with Crippen molar-refractivity contribution in [2.24, 2.45) is 5.92 Å². The van der Waals surface area contributed by atoms with E-state index >= 15 is 0 Å². The Labute approximate surface area is 106 Å². The molecular formula is C13H19NO2S. The van der Waals surface area contributed by atoms with Crippen LogP contribution < -0.4 is 0 Å². The number of likely N-dealkylation sites (tertiary alicyclic amines) is 1. The van der Waals surface area contributed by atoms with Gasteiger partial charge in [-0.3, -0.25) is 9.69 Å². The highest BCUT2D eigenvalue weighted by atomic mass is 32.1. The Bertz CT molecular complexity index is 356. The lowest BCUT2D eigenvalue weighted by Crippen LogP contribution is -2.38. The van der Waals surface area contributed by atoms with E-state index in [1.807, 2.05) is 0 Å².